The number of nitrogens with zero attached hydrogens (tertiary/aromatic N) is 5. The Morgan fingerprint density at radius 1 is 0.797 bits per heavy atom. The number of esters is 1. The van der Waals surface area contributed by atoms with E-state index in [0.29, 0.717) is 16.3 Å². The van der Waals surface area contributed by atoms with Crippen molar-refractivity contribution in [2.45, 2.75) is 23.1 Å². The van der Waals surface area contributed by atoms with Gasteiger partial charge in [0, 0.05) is 17.2 Å². The number of β-lactam (4-membered cyclic amide) rings is 1. The first-order valence-corrected chi connectivity index (χ1v) is 24.6. The Kier molecular flexibility index (Phi) is 14.8. The zero-order valence-corrected chi connectivity index (χ0v) is 40.3. The van der Waals surface area contributed by atoms with E-state index in [0.717, 1.165) is 40.2 Å². The first-order valence-electron chi connectivity index (χ1n) is 22.7. The second-order valence-corrected chi connectivity index (χ2v) is 18.5. The van der Waals surface area contributed by atoms with Gasteiger partial charge in [-0.25, -0.2) is 14.6 Å². The zero-order valence-electron chi connectivity index (χ0n) is 38.6. The number of carbonyl (C=O) groups is 4. The van der Waals surface area contributed by atoms with Crippen LogP contribution in [0.3, 0.4) is 0 Å². The number of fused-ring (bicyclic) bond motifs is 1. The number of hydrogen-bond donors (Lipinski definition) is 3. The van der Waals surface area contributed by atoms with Crippen molar-refractivity contribution in [2.75, 3.05) is 17.7 Å². The molecule has 20 heteroatoms. The van der Waals surface area contributed by atoms with Crippen molar-refractivity contribution in [3.05, 3.63) is 252 Å². The van der Waals surface area contributed by atoms with Crippen molar-refractivity contribution in [1.29, 1.82) is 0 Å². The number of aromatic nitrogens is 1. The molecule has 0 radical (unpaired) electrons. The van der Waals surface area contributed by atoms with Gasteiger partial charge >= 0.3 is 11.9 Å². The van der Waals surface area contributed by atoms with Crippen LogP contribution in [0.25, 0.3) is 6.08 Å². The fourth-order valence-electron chi connectivity index (χ4n) is 8.59. The predicted molar refractivity (Wildman–Crippen MR) is 277 cm³/mol. The number of non-ortho nitro benzene ring substituents is 1. The number of nitro groups is 2. The van der Waals surface area contributed by atoms with Crippen LogP contribution in [0.1, 0.15) is 45.2 Å². The van der Waals surface area contributed by atoms with Gasteiger partial charge in [0.05, 0.1) is 21.5 Å². The number of ether oxygens (including phenoxy) is 1. The number of oxime groups is 1. The van der Waals surface area contributed by atoms with Crippen LogP contribution in [0.15, 0.2) is 198 Å². The summed E-state index contributed by atoms with van der Waals surface area (Å²) in [6, 6.07) is 48.9. The smallest absolute Gasteiger partial charge is 0.356 e. The van der Waals surface area contributed by atoms with E-state index in [1.807, 2.05) is 91.0 Å². The molecule has 370 valence electrons. The van der Waals surface area contributed by atoms with Crippen molar-refractivity contribution in [3.63, 3.8) is 0 Å². The summed E-state index contributed by atoms with van der Waals surface area (Å²) in [7, 11) is 0. The highest BCUT2D eigenvalue weighted by Gasteiger charge is 2.55. The molecule has 3 heterocycles. The minimum atomic E-state index is -1.36. The van der Waals surface area contributed by atoms with Gasteiger partial charge in [0.25, 0.3) is 23.2 Å². The van der Waals surface area contributed by atoms with Crippen LogP contribution >= 0.6 is 23.1 Å². The number of thiazole rings is 1. The number of carboxylic acid groups (broad SMARTS) is 1. The van der Waals surface area contributed by atoms with Crippen LogP contribution in [-0.2, 0) is 34.3 Å². The third-order valence-corrected chi connectivity index (χ3v) is 14.1. The second kappa shape index (κ2) is 22.0. The van der Waals surface area contributed by atoms with Gasteiger partial charge < -0.3 is 25.3 Å². The molecule has 74 heavy (non-hydrogen) atoms. The lowest BCUT2D eigenvalue weighted by Gasteiger charge is -2.49. The monoisotopic (exact) mass is 1030 g/mol. The molecule has 3 N–H and O–H groups in total. The number of carboxylic acids is 1. The van der Waals surface area contributed by atoms with Gasteiger partial charge in [-0.05, 0) is 45.5 Å². The number of carbonyl (C=O) groups excluding carboxylic acids is 3. The fraction of sp³-hybridized carbons (Fsp3) is 0.111. The summed E-state index contributed by atoms with van der Waals surface area (Å²) in [6.07, 6.45) is 1.79. The van der Waals surface area contributed by atoms with Gasteiger partial charge in [0.1, 0.15) is 28.3 Å². The molecule has 2 aliphatic heterocycles. The molecule has 0 spiro atoms. The summed E-state index contributed by atoms with van der Waals surface area (Å²) < 4.78 is 6.25. The molecular weight excluding hydrogens is 987 g/mol. The maximum atomic E-state index is 14.7. The Balaban J connectivity index is 1.04. The highest BCUT2D eigenvalue weighted by atomic mass is 32.2. The van der Waals surface area contributed by atoms with Crippen LogP contribution in [0.4, 0.5) is 16.5 Å². The van der Waals surface area contributed by atoms with Gasteiger partial charge in [-0.2, -0.15) is 0 Å². The number of allylic oxidation sites excluding steroid dienone is 1. The third kappa shape index (κ3) is 10.4. The van der Waals surface area contributed by atoms with E-state index in [-0.39, 0.29) is 28.3 Å². The minimum Gasteiger partial charge on any atom is -0.479 e. The lowest BCUT2D eigenvalue weighted by atomic mass is 9.77. The average Bonchev–Trinajstić information content (AvgIpc) is 3.90. The van der Waals surface area contributed by atoms with E-state index in [4.69, 9.17) is 14.6 Å². The molecule has 9 rings (SSSR count). The summed E-state index contributed by atoms with van der Waals surface area (Å²) >= 11 is 2.32. The number of benzene rings is 6. The normalized spacial score (nSPS) is 15.5. The number of nitrogens with one attached hydrogen (secondary N) is 2. The Bertz CT molecular complexity index is 3210. The van der Waals surface area contributed by atoms with E-state index in [2.05, 4.69) is 15.8 Å². The molecule has 2 amide bonds. The SMILES string of the molecule is O=C(O)CON=C(C(=O)NC1C(=O)N2C(C(=O)OC(c3ccccc3)c3ccccc3)=C(C=Cc3ccc([N+](=O)[O-])cc3[N+](=O)[O-])CS[C@H]12)c1csc(NC(c2ccccc2)(c2ccccc2)c2ccccc2)n1. The Morgan fingerprint density at radius 2 is 1.35 bits per heavy atom. The Morgan fingerprint density at radius 3 is 1.88 bits per heavy atom. The van der Waals surface area contributed by atoms with Crippen LogP contribution in [0.5, 0.6) is 0 Å². The molecule has 2 aliphatic rings. The third-order valence-electron chi connectivity index (χ3n) is 12.0. The molecule has 2 atom stereocenters. The average molecular weight is 1030 g/mol. The van der Waals surface area contributed by atoms with Gasteiger partial charge in [-0.3, -0.25) is 34.7 Å². The van der Waals surface area contributed by atoms with E-state index in [1.165, 1.54) is 34.9 Å². The van der Waals surface area contributed by atoms with Crippen molar-refractivity contribution in [1.82, 2.24) is 15.2 Å². The first kappa shape index (κ1) is 49.7. The standard InChI is InChI=1S/C54H41N7O11S2/c62-44(63)31-71-58-45(42-33-74-53(55-42)57-54(38-20-10-3-11-21-38,39-22-12-4-13-23-39)40-24-14-5-15-25-40)49(64)56-46-50(65)59-47(52(66)72-48(35-16-6-1-7-17-35)36-18-8-2-9-19-36)37(32-73-51(46)59)27-26-34-28-29-41(60(67)68)30-43(34)61(69)70/h1-30,33,46,48,51H,31-32H2,(H,55,57)(H,56,64)(H,62,63)/t46?,51-/m1/s1. The molecule has 6 aromatic carbocycles. The lowest BCUT2D eigenvalue weighted by Crippen LogP contribution is -2.71. The summed E-state index contributed by atoms with van der Waals surface area (Å²) in [5.74, 6) is -3.93. The topological polar surface area (TPSA) is 246 Å². The van der Waals surface area contributed by atoms with Crippen molar-refractivity contribution < 1.29 is 43.7 Å². The molecule has 7 aromatic rings. The number of rotatable bonds is 19. The quantitative estimate of drug-likeness (QED) is 0.0171. The molecule has 1 fully saturated rings. The van der Waals surface area contributed by atoms with Crippen LogP contribution < -0.4 is 10.6 Å². The molecule has 0 bridgehead atoms. The Labute approximate surface area is 430 Å². The minimum absolute atomic E-state index is 0.00631. The highest BCUT2D eigenvalue weighted by molar-refractivity contribution is 8.00. The molecular formula is C54H41N7O11S2. The number of nitro benzene ring substituents is 2. The van der Waals surface area contributed by atoms with Gasteiger partial charge in [-0.15, -0.1) is 23.1 Å². The van der Waals surface area contributed by atoms with Crippen LogP contribution in [-0.4, -0.2) is 78.1 Å². The maximum Gasteiger partial charge on any atom is 0.356 e. The van der Waals surface area contributed by atoms with Gasteiger partial charge in [0.2, 0.25) is 6.61 Å². The predicted octanol–water partition coefficient (Wildman–Crippen LogP) is 8.87. The van der Waals surface area contributed by atoms with Crippen molar-refractivity contribution in [3.8, 4) is 0 Å². The Hall–Kier alpha value is -9.27. The molecule has 1 unspecified atom stereocenters. The summed E-state index contributed by atoms with van der Waals surface area (Å²) in [5.41, 5.74) is 1.39. The molecule has 0 saturated carbocycles. The fourth-order valence-corrected chi connectivity index (χ4v) is 10.7. The van der Waals surface area contributed by atoms with E-state index in [1.54, 1.807) is 66.0 Å². The van der Waals surface area contributed by atoms with Gasteiger partial charge in [-0.1, -0.05) is 163 Å². The van der Waals surface area contributed by atoms with E-state index < -0.39 is 80.4 Å². The number of thioether (sulfide) groups is 1. The number of aliphatic carboxylic acids is 1. The van der Waals surface area contributed by atoms with Crippen LogP contribution in [0.2, 0.25) is 0 Å². The zero-order chi connectivity index (χ0) is 51.8. The molecule has 0 aliphatic carbocycles. The number of amides is 2. The largest absolute Gasteiger partial charge is 0.479 e. The molecule has 1 saturated heterocycles. The van der Waals surface area contributed by atoms with Crippen molar-refractivity contribution in [2.24, 2.45) is 5.16 Å². The summed E-state index contributed by atoms with van der Waals surface area (Å²) in [5, 5.41) is 44.2. The maximum absolute atomic E-state index is 14.7. The van der Waals surface area contributed by atoms with Crippen molar-refractivity contribution >= 4 is 75.1 Å². The molecule has 18 nitrogen and oxygen atoms in total. The van der Waals surface area contributed by atoms with Crippen LogP contribution in [0, 0.1) is 20.2 Å². The first-order chi connectivity index (χ1) is 35.9. The lowest BCUT2D eigenvalue weighted by molar-refractivity contribution is -0.394. The second-order valence-electron chi connectivity index (χ2n) is 16.6. The van der Waals surface area contributed by atoms with E-state index >= 15 is 0 Å². The summed E-state index contributed by atoms with van der Waals surface area (Å²) in [6.45, 7) is -0.900. The number of hydrogen-bond acceptors (Lipinski definition) is 15. The van der Waals surface area contributed by atoms with E-state index in [9.17, 15) is 44.5 Å². The number of anilines is 1. The van der Waals surface area contributed by atoms with Gasteiger partial charge in [0.15, 0.2) is 16.9 Å². The molecule has 1 aromatic heterocycles. The highest BCUT2D eigenvalue weighted by Crippen LogP contribution is 2.44. The summed E-state index contributed by atoms with van der Waals surface area (Å²) in [4.78, 5) is 88.2.